The number of amides is 1. The lowest BCUT2D eigenvalue weighted by Crippen LogP contribution is -2.49. The number of nitrogens with one attached hydrogen (secondary N) is 2. The molecule has 1 amide bonds. The zero-order valence-corrected chi connectivity index (χ0v) is 15.9. The van der Waals surface area contributed by atoms with Gasteiger partial charge in [0.1, 0.15) is 11.3 Å². The molecule has 0 bridgehead atoms. The molecular weight excluding hydrogens is 334 g/mol. The second-order valence-electron chi connectivity index (χ2n) is 7.23. The Balaban J connectivity index is 1.71. The summed E-state index contributed by atoms with van der Waals surface area (Å²) in [5, 5.41) is 6.95. The highest BCUT2D eigenvalue weighted by Crippen LogP contribution is 2.30. The molecule has 1 saturated heterocycles. The van der Waals surface area contributed by atoms with Gasteiger partial charge in [-0.05, 0) is 40.0 Å². The number of carbonyl (C=O) groups excluding carboxylic acids is 1. The van der Waals surface area contributed by atoms with Gasteiger partial charge in [-0.2, -0.15) is 4.99 Å². The molecule has 8 heteroatoms. The molecule has 2 aliphatic rings. The summed E-state index contributed by atoms with van der Waals surface area (Å²) in [5.41, 5.74) is 3.95. The number of aromatic nitrogens is 1. The molecule has 0 aromatic carbocycles. The van der Waals surface area contributed by atoms with Crippen molar-refractivity contribution in [3.05, 3.63) is 29.0 Å². The van der Waals surface area contributed by atoms with E-state index < -0.39 is 5.41 Å². The van der Waals surface area contributed by atoms with Crippen molar-refractivity contribution in [2.45, 2.75) is 47.0 Å². The van der Waals surface area contributed by atoms with Crippen LogP contribution in [0.25, 0.3) is 0 Å². The quantitative estimate of drug-likeness (QED) is 0.833. The van der Waals surface area contributed by atoms with Crippen LogP contribution in [0.1, 0.15) is 50.1 Å². The fourth-order valence-corrected chi connectivity index (χ4v) is 3.41. The number of rotatable bonds is 5. The second kappa shape index (κ2) is 7.39. The van der Waals surface area contributed by atoms with E-state index >= 15 is 0 Å². The SMILES string of the molecule is CCCNC(=O)C1(C)CCCN(C=C2N=C(c3c(C)noc3C)ON2)C1. The summed E-state index contributed by atoms with van der Waals surface area (Å²) < 4.78 is 5.17. The number of hydrogen-bond donors (Lipinski definition) is 2. The predicted molar refractivity (Wildman–Crippen MR) is 97.0 cm³/mol. The lowest BCUT2D eigenvalue weighted by molar-refractivity contribution is -0.132. The molecule has 0 spiro atoms. The molecule has 26 heavy (non-hydrogen) atoms. The fraction of sp³-hybridized carbons (Fsp3) is 0.611. The molecule has 2 N–H and O–H groups in total. The molecule has 8 nitrogen and oxygen atoms in total. The Morgan fingerprint density at radius 3 is 2.96 bits per heavy atom. The Labute approximate surface area is 153 Å². The minimum Gasteiger partial charge on any atom is -0.373 e. The largest absolute Gasteiger partial charge is 0.373 e. The van der Waals surface area contributed by atoms with Crippen LogP contribution in [-0.2, 0) is 9.63 Å². The highest BCUT2D eigenvalue weighted by molar-refractivity contribution is 5.97. The van der Waals surface area contributed by atoms with E-state index in [0.717, 1.165) is 43.6 Å². The molecule has 2 aliphatic heterocycles. The van der Waals surface area contributed by atoms with Crippen molar-refractivity contribution in [1.29, 1.82) is 0 Å². The maximum Gasteiger partial charge on any atom is 0.260 e. The summed E-state index contributed by atoms with van der Waals surface area (Å²) in [6, 6.07) is 0. The molecular formula is C18H27N5O3. The lowest BCUT2D eigenvalue weighted by atomic mass is 9.81. The van der Waals surface area contributed by atoms with Gasteiger partial charge in [-0.3, -0.25) is 4.79 Å². The average molecular weight is 361 g/mol. The first-order valence-corrected chi connectivity index (χ1v) is 9.12. The van der Waals surface area contributed by atoms with Crippen LogP contribution in [0.15, 0.2) is 21.5 Å². The number of aliphatic imine (C=N–C) groups is 1. The van der Waals surface area contributed by atoms with E-state index in [2.05, 4.69) is 32.8 Å². The van der Waals surface area contributed by atoms with E-state index in [1.165, 1.54) is 0 Å². The smallest absolute Gasteiger partial charge is 0.260 e. The molecule has 1 aromatic rings. The van der Waals surface area contributed by atoms with Gasteiger partial charge in [0.15, 0.2) is 5.82 Å². The van der Waals surface area contributed by atoms with Crippen molar-refractivity contribution in [3.8, 4) is 0 Å². The van der Waals surface area contributed by atoms with Crippen molar-refractivity contribution < 1.29 is 14.2 Å². The van der Waals surface area contributed by atoms with Gasteiger partial charge in [-0.15, -0.1) is 0 Å². The molecule has 0 radical (unpaired) electrons. The molecule has 1 aromatic heterocycles. The number of likely N-dealkylation sites (tertiary alicyclic amines) is 1. The van der Waals surface area contributed by atoms with Crippen molar-refractivity contribution in [3.63, 3.8) is 0 Å². The minimum atomic E-state index is -0.391. The van der Waals surface area contributed by atoms with E-state index in [4.69, 9.17) is 9.36 Å². The third-order valence-corrected chi connectivity index (χ3v) is 4.84. The Morgan fingerprint density at radius 1 is 1.46 bits per heavy atom. The van der Waals surface area contributed by atoms with Crippen LogP contribution < -0.4 is 10.8 Å². The van der Waals surface area contributed by atoms with Gasteiger partial charge in [0, 0.05) is 25.8 Å². The van der Waals surface area contributed by atoms with Gasteiger partial charge in [-0.25, -0.2) is 5.48 Å². The van der Waals surface area contributed by atoms with Crippen LogP contribution in [0.3, 0.4) is 0 Å². The highest BCUT2D eigenvalue weighted by Gasteiger charge is 2.37. The zero-order valence-electron chi connectivity index (χ0n) is 15.9. The Hall–Kier alpha value is -2.51. The van der Waals surface area contributed by atoms with Crippen LogP contribution >= 0.6 is 0 Å². The standard InChI is InChI=1S/C18H27N5O3/c1-5-8-19-17(24)18(4)7-6-9-23(11-18)10-14-20-16(26-22-14)15-12(2)21-25-13(15)3/h10,22H,5-9,11H2,1-4H3,(H,19,24). The third kappa shape index (κ3) is 3.68. The molecule has 142 valence electrons. The first kappa shape index (κ1) is 18.3. The number of piperidine rings is 1. The average Bonchev–Trinajstić information content (AvgIpc) is 3.18. The normalized spacial score (nSPS) is 24.2. The number of hydrogen-bond acceptors (Lipinski definition) is 7. The molecule has 1 atom stereocenters. The van der Waals surface area contributed by atoms with Crippen LogP contribution in [0, 0.1) is 19.3 Å². The van der Waals surface area contributed by atoms with E-state index in [1.807, 2.05) is 27.0 Å². The van der Waals surface area contributed by atoms with Crippen LogP contribution in [0.5, 0.6) is 0 Å². The number of aryl methyl sites for hydroxylation is 2. The van der Waals surface area contributed by atoms with Gasteiger partial charge >= 0.3 is 0 Å². The van der Waals surface area contributed by atoms with Crippen molar-refractivity contribution in [1.82, 2.24) is 20.9 Å². The first-order valence-electron chi connectivity index (χ1n) is 9.12. The summed E-state index contributed by atoms with van der Waals surface area (Å²) >= 11 is 0. The van der Waals surface area contributed by atoms with Crippen molar-refractivity contribution in [2.24, 2.45) is 10.4 Å². The highest BCUT2D eigenvalue weighted by atomic mass is 16.7. The zero-order chi connectivity index (χ0) is 18.7. The van der Waals surface area contributed by atoms with Gasteiger partial charge in [0.2, 0.25) is 5.91 Å². The first-order chi connectivity index (χ1) is 12.4. The predicted octanol–water partition coefficient (Wildman–Crippen LogP) is 2.00. The van der Waals surface area contributed by atoms with E-state index in [0.29, 0.717) is 24.0 Å². The van der Waals surface area contributed by atoms with Crippen molar-refractivity contribution in [2.75, 3.05) is 19.6 Å². The lowest BCUT2D eigenvalue weighted by Gasteiger charge is -2.38. The summed E-state index contributed by atoms with van der Waals surface area (Å²) in [7, 11) is 0. The Bertz CT molecular complexity index is 720. The molecule has 3 rings (SSSR count). The summed E-state index contributed by atoms with van der Waals surface area (Å²) in [5.74, 6) is 1.85. The van der Waals surface area contributed by atoms with Crippen LogP contribution in [-0.4, -0.2) is 41.5 Å². The second-order valence-corrected chi connectivity index (χ2v) is 7.23. The number of hydroxylamine groups is 1. The molecule has 1 unspecified atom stereocenters. The summed E-state index contributed by atoms with van der Waals surface area (Å²) in [6.07, 6.45) is 4.70. The maximum atomic E-state index is 12.5. The number of nitrogens with zero attached hydrogens (tertiary/aromatic N) is 3. The molecule has 1 fully saturated rings. The summed E-state index contributed by atoms with van der Waals surface area (Å²) in [4.78, 5) is 24.6. The summed E-state index contributed by atoms with van der Waals surface area (Å²) in [6.45, 7) is 10.0. The molecule has 3 heterocycles. The van der Waals surface area contributed by atoms with Gasteiger partial charge in [0.25, 0.3) is 5.90 Å². The molecule has 0 saturated carbocycles. The van der Waals surface area contributed by atoms with Crippen LogP contribution in [0.4, 0.5) is 0 Å². The van der Waals surface area contributed by atoms with E-state index in [9.17, 15) is 4.79 Å². The fourth-order valence-electron chi connectivity index (χ4n) is 3.41. The minimum absolute atomic E-state index is 0.123. The van der Waals surface area contributed by atoms with Crippen LogP contribution in [0.2, 0.25) is 0 Å². The monoisotopic (exact) mass is 361 g/mol. The maximum absolute atomic E-state index is 12.5. The van der Waals surface area contributed by atoms with E-state index in [-0.39, 0.29) is 5.91 Å². The topological polar surface area (TPSA) is 92.0 Å². The Kier molecular flexibility index (Phi) is 5.20. The third-order valence-electron chi connectivity index (χ3n) is 4.84. The number of carbonyl (C=O) groups is 1. The van der Waals surface area contributed by atoms with E-state index in [1.54, 1.807) is 0 Å². The van der Waals surface area contributed by atoms with Gasteiger partial charge < -0.3 is 19.6 Å². The Morgan fingerprint density at radius 2 is 2.27 bits per heavy atom. The molecule has 0 aliphatic carbocycles. The van der Waals surface area contributed by atoms with Gasteiger partial charge in [0.05, 0.1) is 11.1 Å². The van der Waals surface area contributed by atoms with Gasteiger partial charge in [-0.1, -0.05) is 12.1 Å². The van der Waals surface area contributed by atoms with Crippen molar-refractivity contribution >= 4 is 11.8 Å².